The molecule has 0 bridgehead atoms. The number of fused-ring (bicyclic) bond motifs is 1. The fourth-order valence-corrected chi connectivity index (χ4v) is 3.65. The van der Waals surface area contributed by atoms with E-state index in [1.54, 1.807) is 0 Å². The van der Waals surface area contributed by atoms with Crippen LogP contribution >= 0.6 is 11.6 Å². The average Bonchev–Trinajstić information content (AvgIpc) is 3.00. The van der Waals surface area contributed by atoms with E-state index in [0.29, 0.717) is 12.5 Å². The predicted octanol–water partition coefficient (Wildman–Crippen LogP) is 3.29. The third-order valence-corrected chi connectivity index (χ3v) is 5.12. The van der Waals surface area contributed by atoms with Gasteiger partial charge in [0.1, 0.15) is 0 Å². The van der Waals surface area contributed by atoms with E-state index >= 15 is 0 Å². The van der Waals surface area contributed by atoms with Gasteiger partial charge in [0, 0.05) is 37.6 Å². The number of pyridine rings is 1. The highest BCUT2D eigenvalue weighted by molar-refractivity contribution is 6.30. The number of nitrogens with one attached hydrogen (secondary N) is 1. The molecular weight excluding hydrogens is 336 g/mol. The molecule has 0 unspecified atom stereocenters. The molecule has 4 rings (SSSR count). The lowest BCUT2D eigenvalue weighted by atomic mass is 10.1. The minimum atomic E-state index is 0.221. The van der Waals surface area contributed by atoms with Crippen LogP contribution in [0.15, 0.2) is 36.7 Å². The van der Waals surface area contributed by atoms with Crippen LogP contribution in [-0.2, 0) is 17.9 Å². The summed E-state index contributed by atoms with van der Waals surface area (Å²) in [6, 6.07) is 8.52. The average molecular weight is 357 g/mol. The lowest BCUT2D eigenvalue weighted by molar-refractivity contribution is -0.134. The number of rotatable bonds is 4. The van der Waals surface area contributed by atoms with Crippen LogP contribution in [0, 0.1) is 0 Å². The second-order valence-corrected chi connectivity index (χ2v) is 7.13. The van der Waals surface area contributed by atoms with Gasteiger partial charge < -0.3 is 15.1 Å². The van der Waals surface area contributed by atoms with Crippen molar-refractivity contribution in [3.63, 3.8) is 0 Å². The number of hydrogen-bond acceptors (Lipinski definition) is 4. The Hall–Kier alpha value is -2.27. The Labute approximate surface area is 152 Å². The fourth-order valence-electron chi connectivity index (χ4n) is 3.46. The van der Waals surface area contributed by atoms with Gasteiger partial charge in [0.05, 0.1) is 29.8 Å². The molecule has 0 saturated carbocycles. The monoisotopic (exact) mass is 356 g/mol. The number of hydrogen-bond donors (Lipinski definition) is 1. The zero-order chi connectivity index (χ0) is 17.4. The summed E-state index contributed by atoms with van der Waals surface area (Å²) in [7, 11) is 0. The maximum Gasteiger partial charge on any atom is 0.222 e. The summed E-state index contributed by atoms with van der Waals surface area (Å²) in [4.78, 5) is 20.2. The van der Waals surface area contributed by atoms with Crippen molar-refractivity contribution in [1.82, 2.24) is 9.88 Å². The molecule has 0 aliphatic carbocycles. The van der Waals surface area contributed by atoms with Crippen LogP contribution in [0.3, 0.4) is 0 Å². The van der Waals surface area contributed by atoms with Crippen LogP contribution in [-0.4, -0.2) is 34.9 Å². The highest BCUT2D eigenvalue weighted by Gasteiger charge is 2.29. The maximum atomic E-state index is 11.6. The first-order chi connectivity index (χ1) is 12.1. The van der Waals surface area contributed by atoms with Gasteiger partial charge in [-0.15, -0.1) is 0 Å². The minimum absolute atomic E-state index is 0.221. The van der Waals surface area contributed by atoms with Gasteiger partial charge >= 0.3 is 0 Å². The van der Waals surface area contributed by atoms with Crippen LogP contribution in [0.2, 0.25) is 5.02 Å². The highest BCUT2D eigenvalue weighted by atomic mass is 35.5. The van der Waals surface area contributed by atoms with Crippen molar-refractivity contribution in [2.45, 2.75) is 32.5 Å². The van der Waals surface area contributed by atoms with E-state index in [9.17, 15) is 4.79 Å². The van der Waals surface area contributed by atoms with E-state index in [-0.39, 0.29) is 5.91 Å². The first-order valence-electron chi connectivity index (χ1n) is 8.64. The zero-order valence-corrected chi connectivity index (χ0v) is 15.0. The third-order valence-electron chi connectivity index (χ3n) is 4.89. The molecule has 5 nitrogen and oxygen atoms in total. The predicted molar refractivity (Wildman–Crippen MR) is 99.9 cm³/mol. The number of aromatic nitrogens is 1. The van der Waals surface area contributed by atoms with Crippen LogP contribution in [0.1, 0.15) is 24.5 Å². The van der Waals surface area contributed by atoms with Gasteiger partial charge in [-0.2, -0.15) is 0 Å². The molecule has 0 radical (unpaired) electrons. The number of anilines is 2. The van der Waals surface area contributed by atoms with E-state index in [1.807, 2.05) is 36.4 Å². The van der Waals surface area contributed by atoms with Crippen LogP contribution in [0.4, 0.5) is 11.4 Å². The standard InChI is InChI=1S/C19H21ClN4O/c1-2-19(25)24-11-17(12-24)22-16-6-18(8-21-7-16)23-9-13-3-4-15(20)5-14(13)10-23/h3-8,17,22H,2,9-12H2,1H3. The van der Waals surface area contributed by atoms with Gasteiger partial charge in [0.25, 0.3) is 0 Å². The molecule has 130 valence electrons. The van der Waals surface area contributed by atoms with Crippen molar-refractivity contribution in [2.24, 2.45) is 0 Å². The minimum Gasteiger partial charge on any atom is -0.377 e. The number of benzene rings is 1. The normalized spacial score (nSPS) is 16.6. The molecule has 1 saturated heterocycles. The first-order valence-corrected chi connectivity index (χ1v) is 9.02. The number of carbonyl (C=O) groups is 1. The van der Waals surface area contributed by atoms with Crippen LogP contribution in [0.25, 0.3) is 0 Å². The summed E-state index contributed by atoms with van der Waals surface area (Å²) in [6.07, 6.45) is 4.31. The summed E-state index contributed by atoms with van der Waals surface area (Å²) in [5.74, 6) is 0.221. The van der Waals surface area contributed by atoms with Crippen molar-refractivity contribution >= 4 is 28.9 Å². The van der Waals surface area contributed by atoms with E-state index < -0.39 is 0 Å². The SMILES string of the molecule is CCC(=O)N1CC(Nc2cncc(N3Cc4ccc(Cl)cc4C3)c2)C1. The van der Waals surface area contributed by atoms with Gasteiger partial charge in [0.2, 0.25) is 5.91 Å². The van der Waals surface area contributed by atoms with Crippen molar-refractivity contribution in [2.75, 3.05) is 23.3 Å². The van der Waals surface area contributed by atoms with Crippen molar-refractivity contribution in [3.8, 4) is 0 Å². The molecular formula is C19H21ClN4O. The Morgan fingerprint density at radius 2 is 2.04 bits per heavy atom. The van der Waals surface area contributed by atoms with E-state index in [2.05, 4.69) is 27.3 Å². The number of halogens is 1. The molecule has 1 N–H and O–H groups in total. The smallest absolute Gasteiger partial charge is 0.222 e. The van der Waals surface area contributed by atoms with E-state index in [4.69, 9.17) is 11.6 Å². The van der Waals surface area contributed by atoms with E-state index in [0.717, 1.165) is 42.6 Å². The number of carbonyl (C=O) groups excluding carboxylic acids is 1. The largest absolute Gasteiger partial charge is 0.377 e. The molecule has 3 heterocycles. The summed E-state index contributed by atoms with van der Waals surface area (Å²) >= 11 is 6.10. The summed E-state index contributed by atoms with van der Waals surface area (Å²) < 4.78 is 0. The molecule has 0 atom stereocenters. The molecule has 1 aromatic heterocycles. The molecule has 1 amide bonds. The third kappa shape index (κ3) is 3.29. The molecule has 6 heteroatoms. The molecule has 0 spiro atoms. The Bertz CT molecular complexity index is 804. The first kappa shape index (κ1) is 16.2. The Balaban J connectivity index is 1.40. The second-order valence-electron chi connectivity index (χ2n) is 6.69. The van der Waals surface area contributed by atoms with Gasteiger partial charge in [-0.3, -0.25) is 9.78 Å². The summed E-state index contributed by atoms with van der Waals surface area (Å²) in [5, 5.41) is 4.26. The van der Waals surface area contributed by atoms with Gasteiger partial charge in [0.15, 0.2) is 0 Å². The number of nitrogens with zero attached hydrogens (tertiary/aromatic N) is 3. The molecule has 2 aromatic rings. The van der Waals surface area contributed by atoms with E-state index in [1.165, 1.54) is 11.1 Å². The lowest BCUT2D eigenvalue weighted by Gasteiger charge is -2.40. The fraction of sp³-hybridized carbons (Fsp3) is 0.368. The molecule has 25 heavy (non-hydrogen) atoms. The van der Waals surface area contributed by atoms with Crippen molar-refractivity contribution < 1.29 is 4.79 Å². The van der Waals surface area contributed by atoms with Gasteiger partial charge in [-0.25, -0.2) is 0 Å². The molecule has 1 aromatic carbocycles. The van der Waals surface area contributed by atoms with Crippen molar-refractivity contribution in [3.05, 3.63) is 52.8 Å². The maximum absolute atomic E-state index is 11.6. The van der Waals surface area contributed by atoms with Gasteiger partial charge in [-0.1, -0.05) is 24.6 Å². The number of likely N-dealkylation sites (tertiary alicyclic amines) is 1. The van der Waals surface area contributed by atoms with Crippen molar-refractivity contribution in [1.29, 1.82) is 0 Å². The van der Waals surface area contributed by atoms with Gasteiger partial charge in [-0.05, 0) is 29.3 Å². The Morgan fingerprint density at radius 3 is 2.84 bits per heavy atom. The summed E-state index contributed by atoms with van der Waals surface area (Å²) in [6.45, 7) is 5.16. The topological polar surface area (TPSA) is 48.5 Å². The Morgan fingerprint density at radius 1 is 1.24 bits per heavy atom. The lowest BCUT2D eigenvalue weighted by Crippen LogP contribution is -2.56. The quantitative estimate of drug-likeness (QED) is 0.913. The second kappa shape index (κ2) is 6.56. The summed E-state index contributed by atoms with van der Waals surface area (Å²) in [5.41, 5.74) is 4.69. The highest BCUT2D eigenvalue weighted by Crippen LogP contribution is 2.31. The van der Waals surface area contributed by atoms with Crippen LogP contribution in [0.5, 0.6) is 0 Å². The molecule has 2 aliphatic rings. The molecule has 2 aliphatic heterocycles. The Kier molecular flexibility index (Phi) is 4.25. The molecule has 1 fully saturated rings. The zero-order valence-electron chi connectivity index (χ0n) is 14.2. The van der Waals surface area contributed by atoms with Crippen LogP contribution < -0.4 is 10.2 Å². The number of amides is 1.